The molecule has 0 aliphatic carbocycles. The van der Waals surface area contributed by atoms with E-state index in [0.29, 0.717) is 18.2 Å². The van der Waals surface area contributed by atoms with Gasteiger partial charge in [-0.15, -0.1) is 0 Å². The van der Waals surface area contributed by atoms with Gasteiger partial charge >= 0.3 is 12.2 Å². The van der Waals surface area contributed by atoms with Crippen molar-refractivity contribution in [2.75, 3.05) is 32.0 Å². The normalized spacial score (nSPS) is 15.1. The minimum absolute atomic E-state index is 0.114. The average molecular weight is 371 g/mol. The van der Waals surface area contributed by atoms with E-state index in [9.17, 15) is 18.0 Å². The zero-order valence-electron chi connectivity index (χ0n) is 14.7. The molecule has 144 valence electrons. The second-order valence-corrected chi connectivity index (χ2v) is 6.04. The van der Waals surface area contributed by atoms with Crippen molar-refractivity contribution in [1.82, 2.24) is 15.5 Å². The van der Waals surface area contributed by atoms with Crippen molar-refractivity contribution in [3.8, 4) is 0 Å². The third-order valence-electron chi connectivity index (χ3n) is 3.96. The lowest BCUT2D eigenvalue weighted by Crippen LogP contribution is -2.38. The Morgan fingerprint density at radius 3 is 2.62 bits per heavy atom. The first-order valence-corrected chi connectivity index (χ1v) is 8.53. The third kappa shape index (κ3) is 6.81. The van der Waals surface area contributed by atoms with Crippen LogP contribution in [0.25, 0.3) is 0 Å². The lowest BCUT2D eigenvalue weighted by molar-refractivity contribution is -0.132. The number of anilines is 1. The van der Waals surface area contributed by atoms with Crippen LogP contribution in [-0.4, -0.2) is 49.7 Å². The second-order valence-electron chi connectivity index (χ2n) is 6.04. The molecular formula is C17H24F3N5O. The Labute approximate surface area is 150 Å². The molecule has 1 saturated heterocycles. The summed E-state index contributed by atoms with van der Waals surface area (Å²) >= 11 is 0. The Kier molecular flexibility index (Phi) is 7.11. The Morgan fingerprint density at radius 2 is 1.96 bits per heavy atom. The number of benzene rings is 1. The number of alkyl halides is 3. The summed E-state index contributed by atoms with van der Waals surface area (Å²) in [4.78, 5) is 17.8. The molecule has 0 atom stereocenters. The minimum Gasteiger partial charge on any atom is -0.356 e. The first kappa shape index (κ1) is 19.9. The Balaban J connectivity index is 1.82. The van der Waals surface area contributed by atoms with Crippen molar-refractivity contribution in [2.24, 2.45) is 4.99 Å². The fraction of sp³-hybridized carbons (Fsp3) is 0.529. The molecular weight excluding hydrogens is 347 g/mol. The number of urea groups is 1. The second kappa shape index (κ2) is 9.30. The molecule has 1 aromatic carbocycles. The number of nitrogens with zero attached hydrogens (tertiary/aromatic N) is 2. The zero-order valence-corrected chi connectivity index (χ0v) is 14.7. The highest BCUT2D eigenvalue weighted by molar-refractivity contribution is 5.89. The van der Waals surface area contributed by atoms with Crippen molar-refractivity contribution in [3.63, 3.8) is 0 Å². The first-order chi connectivity index (χ1) is 12.4. The summed E-state index contributed by atoms with van der Waals surface area (Å²) in [5.41, 5.74) is 1.56. The van der Waals surface area contributed by atoms with Crippen LogP contribution in [0.5, 0.6) is 0 Å². The lowest BCUT2D eigenvalue weighted by Gasteiger charge is -2.17. The number of rotatable bonds is 5. The van der Waals surface area contributed by atoms with Crippen LogP contribution < -0.4 is 16.0 Å². The summed E-state index contributed by atoms with van der Waals surface area (Å²) in [6.45, 7) is 1.67. The monoisotopic (exact) mass is 371 g/mol. The maximum atomic E-state index is 12.2. The molecule has 0 radical (unpaired) electrons. The highest BCUT2D eigenvalue weighted by Gasteiger charge is 2.26. The predicted molar refractivity (Wildman–Crippen MR) is 95.1 cm³/mol. The van der Waals surface area contributed by atoms with Crippen LogP contribution in [0.2, 0.25) is 0 Å². The number of halogens is 3. The van der Waals surface area contributed by atoms with Gasteiger partial charge in [-0.1, -0.05) is 12.1 Å². The Hall–Kier alpha value is -2.45. The number of nitrogens with one attached hydrogen (secondary N) is 3. The molecule has 26 heavy (non-hydrogen) atoms. The van der Waals surface area contributed by atoms with E-state index in [1.165, 1.54) is 7.05 Å². The van der Waals surface area contributed by atoms with Crippen molar-refractivity contribution in [1.29, 1.82) is 0 Å². The summed E-state index contributed by atoms with van der Waals surface area (Å²) < 4.78 is 36.5. The molecule has 2 amide bonds. The number of carbonyl (C=O) groups is 1. The quantitative estimate of drug-likeness (QED) is 0.551. The van der Waals surface area contributed by atoms with E-state index >= 15 is 0 Å². The van der Waals surface area contributed by atoms with Crippen LogP contribution in [0.4, 0.5) is 23.7 Å². The highest BCUT2D eigenvalue weighted by atomic mass is 19.4. The molecule has 1 heterocycles. The summed E-state index contributed by atoms with van der Waals surface area (Å²) in [6, 6.07) is 7.19. The number of amides is 2. The molecule has 1 fully saturated rings. The minimum atomic E-state index is -4.20. The largest absolute Gasteiger partial charge is 0.390 e. The van der Waals surface area contributed by atoms with Gasteiger partial charge in [0.1, 0.15) is 0 Å². The van der Waals surface area contributed by atoms with Gasteiger partial charge in [-0.3, -0.25) is 4.99 Å². The molecule has 0 aromatic heterocycles. The van der Waals surface area contributed by atoms with E-state index in [0.717, 1.165) is 31.5 Å². The lowest BCUT2D eigenvalue weighted by atomic mass is 10.2. The van der Waals surface area contributed by atoms with Gasteiger partial charge < -0.3 is 20.9 Å². The van der Waals surface area contributed by atoms with Crippen molar-refractivity contribution >= 4 is 17.7 Å². The zero-order chi connectivity index (χ0) is 19.0. The van der Waals surface area contributed by atoms with E-state index < -0.39 is 12.6 Å². The van der Waals surface area contributed by atoms with Crippen LogP contribution in [0.3, 0.4) is 0 Å². The SMILES string of the molecule is CN=C(NCCC(F)(F)F)NCc1cccc(NC(=O)N2CCCC2)c1. The number of guanidine groups is 1. The number of carbonyl (C=O) groups excluding carboxylic acids is 1. The summed E-state index contributed by atoms with van der Waals surface area (Å²) in [7, 11) is 1.50. The van der Waals surface area contributed by atoms with Crippen LogP contribution in [0.15, 0.2) is 29.3 Å². The van der Waals surface area contributed by atoms with Gasteiger partial charge in [0.15, 0.2) is 5.96 Å². The fourth-order valence-corrected chi connectivity index (χ4v) is 2.61. The molecule has 1 aliphatic rings. The van der Waals surface area contributed by atoms with Gasteiger partial charge in [-0.05, 0) is 30.5 Å². The van der Waals surface area contributed by atoms with E-state index in [4.69, 9.17) is 0 Å². The first-order valence-electron chi connectivity index (χ1n) is 8.53. The van der Waals surface area contributed by atoms with Crippen molar-refractivity contribution < 1.29 is 18.0 Å². The van der Waals surface area contributed by atoms with E-state index in [2.05, 4.69) is 20.9 Å². The summed E-state index contributed by atoms with van der Waals surface area (Å²) in [6.07, 6.45) is -3.07. The van der Waals surface area contributed by atoms with E-state index in [-0.39, 0.29) is 12.6 Å². The molecule has 1 aromatic rings. The number of hydrogen-bond donors (Lipinski definition) is 3. The van der Waals surface area contributed by atoms with Crippen LogP contribution in [0.1, 0.15) is 24.8 Å². The van der Waals surface area contributed by atoms with Gasteiger partial charge in [-0.25, -0.2) is 4.79 Å². The third-order valence-corrected chi connectivity index (χ3v) is 3.96. The van der Waals surface area contributed by atoms with Crippen molar-refractivity contribution in [3.05, 3.63) is 29.8 Å². The van der Waals surface area contributed by atoms with Crippen LogP contribution in [0, 0.1) is 0 Å². The van der Waals surface area contributed by atoms with Crippen LogP contribution in [-0.2, 0) is 6.54 Å². The topological polar surface area (TPSA) is 68.8 Å². The van der Waals surface area contributed by atoms with Gasteiger partial charge in [0.25, 0.3) is 0 Å². The van der Waals surface area contributed by atoms with Gasteiger partial charge in [0, 0.05) is 38.9 Å². The molecule has 0 saturated carbocycles. The van der Waals surface area contributed by atoms with E-state index in [1.54, 1.807) is 11.0 Å². The number of hydrogen-bond acceptors (Lipinski definition) is 2. The van der Waals surface area contributed by atoms with Crippen LogP contribution >= 0.6 is 0 Å². The summed E-state index contributed by atoms with van der Waals surface area (Å²) in [5, 5.41) is 8.44. The maximum absolute atomic E-state index is 12.2. The molecule has 0 bridgehead atoms. The van der Waals surface area contributed by atoms with Gasteiger partial charge in [0.05, 0.1) is 6.42 Å². The average Bonchev–Trinajstić information content (AvgIpc) is 3.12. The fourth-order valence-electron chi connectivity index (χ4n) is 2.61. The van der Waals surface area contributed by atoms with E-state index in [1.807, 2.05) is 18.2 Å². The standard InChI is InChI=1S/C17H24F3N5O/c1-21-15(22-8-7-17(18,19)20)23-12-13-5-4-6-14(11-13)24-16(26)25-9-2-3-10-25/h4-6,11H,2-3,7-10,12H2,1H3,(H,24,26)(H2,21,22,23). The molecule has 6 nitrogen and oxygen atoms in total. The Bertz CT molecular complexity index is 627. The van der Waals surface area contributed by atoms with Gasteiger partial charge in [-0.2, -0.15) is 13.2 Å². The van der Waals surface area contributed by atoms with Gasteiger partial charge in [0.2, 0.25) is 0 Å². The number of aliphatic imine (C=N–C) groups is 1. The molecule has 1 aliphatic heterocycles. The number of likely N-dealkylation sites (tertiary alicyclic amines) is 1. The maximum Gasteiger partial charge on any atom is 0.390 e. The molecule has 9 heteroatoms. The smallest absolute Gasteiger partial charge is 0.356 e. The summed E-state index contributed by atoms with van der Waals surface area (Å²) in [5.74, 6) is 0.292. The molecule has 0 spiro atoms. The highest BCUT2D eigenvalue weighted by Crippen LogP contribution is 2.18. The predicted octanol–water partition coefficient (Wildman–Crippen LogP) is 2.93. The molecule has 3 N–H and O–H groups in total. The molecule has 2 rings (SSSR count). The molecule has 0 unspecified atom stereocenters. The van der Waals surface area contributed by atoms with Crippen molar-refractivity contribution in [2.45, 2.75) is 32.0 Å². The Morgan fingerprint density at radius 1 is 1.23 bits per heavy atom.